The maximum Gasteiger partial charge on any atom is 0.167 e. The van der Waals surface area contributed by atoms with Crippen molar-refractivity contribution >= 4 is 0 Å². The molecule has 2 rings (SSSR count). The zero-order valence-corrected chi connectivity index (χ0v) is 12.3. The number of allylic oxidation sites excluding steroid dienone is 2. The number of hydrogen-bond donors (Lipinski definition) is 0. The second kappa shape index (κ2) is 6.11. The molecule has 4 heteroatoms. The highest BCUT2D eigenvalue weighted by Crippen LogP contribution is 2.43. The molecule has 108 valence electrons. The molecule has 0 amide bonds. The van der Waals surface area contributed by atoms with Crippen molar-refractivity contribution in [1.29, 1.82) is 0 Å². The number of para-hydroxylation sites is 1. The van der Waals surface area contributed by atoms with Crippen molar-refractivity contribution in [3.8, 4) is 11.5 Å². The summed E-state index contributed by atoms with van der Waals surface area (Å²) in [6.45, 7) is 0. The van der Waals surface area contributed by atoms with E-state index < -0.39 is 5.60 Å². The fourth-order valence-corrected chi connectivity index (χ4v) is 2.59. The zero-order valence-electron chi connectivity index (χ0n) is 12.3. The van der Waals surface area contributed by atoms with Crippen molar-refractivity contribution in [2.75, 3.05) is 28.4 Å². The van der Waals surface area contributed by atoms with E-state index in [1.165, 1.54) is 0 Å². The third-order valence-corrected chi connectivity index (χ3v) is 3.58. The number of rotatable bonds is 5. The minimum absolute atomic E-state index is 0.237. The monoisotopic (exact) mass is 276 g/mol. The molecule has 0 radical (unpaired) electrons. The van der Waals surface area contributed by atoms with Crippen LogP contribution in [0.5, 0.6) is 11.5 Å². The Hall–Kier alpha value is -1.78. The molecular weight excluding hydrogens is 256 g/mol. The van der Waals surface area contributed by atoms with Crippen LogP contribution in [0.2, 0.25) is 0 Å². The summed E-state index contributed by atoms with van der Waals surface area (Å²) in [6.07, 6.45) is 7.58. The lowest BCUT2D eigenvalue weighted by atomic mass is 9.84. The normalized spacial score (nSPS) is 24.7. The number of methoxy groups -OCH3 is 4. The lowest BCUT2D eigenvalue weighted by molar-refractivity contribution is -0.0722. The molecule has 0 saturated heterocycles. The minimum atomic E-state index is -0.733. The molecule has 4 nitrogen and oxygen atoms in total. The quantitative estimate of drug-likeness (QED) is 0.828. The summed E-state index contributed by atoms with van der Waals surface area (Å²) in [5, 5.41) is 0. The highest BCUT2D eigenvalue weighted by molar-refractivity contribution is 5.52. The Kier molecular flexibility index (Phi) is 4.47. The minimum Gasteiger partial charge on any atom is -0.493 e. The van der Waals surface area contributed by atoms with Gasteiger partial charge < -0.3 is 18.9 Å². The van der Waals surface area contributed by atoms with Crippen LogP contribution in [-0.2, 0) is 15.1 Å². The molecule has 0 aliphatic heterocycles. The summed E-state index contributed by atoms with van der Waals surface area (Å²) >= 11 is 0. The molecule has 2 atom stereocenters. The lowest BCUT2D eigenvalue weighted by Gasteiger charge is -2.37. The first-order valence-electron chi connectivity index (χ1n) is 6.39. The Labute approximate surface area is 119 Å². The van der Waals surface area contributed by atoms with Gasteiger partial charge in [0, 0.05) is 19.8 Å². The van der Waals surface area contributed by atoms with Gasteiger partial charge in [-0.1, -0.05) is 30.4 Å². The maximum atomic E-state index is 5.81. The topological polar surface area (TPSA) is 36.9 Å². The van der Waals surface area contributed by atoms with Crippen LogP contribution in [0.3, 0.4) is 0 Å². The van der Waals surface area contributed by atoms with Crippen molar-refractivity contribution in [1.82, 2.24) is 0 Å². The van der Waals surface area contributed by atoms with Crippen molar-refractivity contribution in [3.05, 3.63) is 48.1 Å². The second-order valence-corrected chi connectivity index (χ2v) is 4.44. The zero-order chi connectivity index (χ0) is 14.6. The average Bonchev–Trinajstić information content (AvgIpc) is 2.53. The molecule has 1 aliphatic rings. The van der Waals surface area contributed by atoms with Crippen molar-refractivity contribution in [2.45, 2.75) is 11.7 Å². The smallest absolute Gasteiger partial charge is 0.167 e. The summed E-state index contributed by atoms with van der Waals surface area (Å²) in [4.78, 5) is 0. The van der Waals surface area contributed by atoms with Crippen molar-refractivity contribution < 1.29 is 18.9 Å². The number of hydrogen-bond acceptors (Lipinski definition) is 4. The molecule has 0 spiro atoms. The Morgan fingerprint density at radius 1 is 1.00 bits per heavy atom. The Balaban J connectivity index is 2.62. The van der Waals surface area contributed by atoms with E-state index in [0.29, 0.717) is 11.5 Å². The predicted octanol–water partition coefficient (Wildman–Crippen LogP) is 2.69. The molecule has 1 aliphatic carbocycles. The second-order valence-electron chi connectivity index (χ2n) is 4.44. The van der Waals surface area contributed by atoms with Gasteiger partial charge in [-0.15, -0.1) is 0 Å². The van der Waals surface area contributed by atoms with Gasteiger partial charge >= 0.3 is 0 Å². The van der Waals surface area contributed by atoms with E-state index in [2.05, 4.69) is 0 Å². The standard InChI is InChI=1S/C16H20O4/c1-17-13-9-7-8-12(15(13)19-3)16(20-4)11-6-5-10-14(16)18-2/h5-11,14H,1-4H3. The van der Waals surface area contributed by atoms with E-state index in [9.17, 15) is 0 Å². The molecule has 1 aromatic carbocycles. The molecule has 0 bridgehead atoms. The first kappa shape index (κ1) is 14.6. The van der Waals surface area contributed by atoms with Crippen LogP contribution in [-0.4, -0.2) is 34.5 Å². The van der Waals surface area contributed by atoms with Crippen LogP contribution < -0.4 is 9.47 Å². The third-order valence-electron chi connectivity index (χ3n) is 3.58. The SMILES string of the molecule is COc1cccc(C2(OC)C=CC=CC2OC)c1OC. The highest BCUT2D eigenvalue weighted by atomic mass is 16.5. The van der Waals surface area contributed by atoms with Gasteiger partial charge in [0.05, 0.1) is 14.2 Å². The van der Waals surface area contributed by atoms with Crippen LogP contribution >= 0.6 is 0 Å². The third kappa shape index (κ3) is 2.21. The largest absolute Gasteiger partial charge is 0.493 e. The summed E-state index contributed by atoms with van der Waals surface area (Å²) in [6, 6.07) is 5.73. The van der Waals surface area contributed by atoms with Crippen LogP contribution in [0.1, 0.15) is 5.56 Å². The van der Waals surface area contributed by atoms with Gasteiger partial charge in [0.1, 0.15) is 11.7 Å². The van der Waals surface area contributed by atoms with E-state index in [1.54, 1.807) is 28.4 Å². The first-order valence-corrected chi connectivity index (χ1v) is 6.39. The van der Waals surface area contributed by atoms with Gasteiger partial charge in [0.25, 0.3) is 0 Å². The summed E-state index contributed by atoms with van der Waals surface area (Å²) < 4.78 is 22.3. The molecule has 0 aromatic heterocycles. The van der Waals surface area contributed by atoms with Gasteiger partial charge in [0.15, 0.2) is 11.5 Å². The van der Waals surface area contributed by atoms with Gasteiger partial charge in [-0.2, -0.15) is 0 Å². The van der Waals surface area contributed by atoms with E-state index >= 15 is 0 Å². The fourth-order valence-electron chi connectivity index (χ4n) is 2.59. The van der Waals surface area contributed by atoms with Gasteiger partial charge in [-0.25, -0.2) is 0 Å². The van der Waals surface area contributed by atoms with E-state index in [1.807, 2.05) is 42.5 Å². The highest BCUT2D eigenvalue weighted by Gasteiger charge is 2.41. The number of ether oxygens (including phenoxy) is 4. The van der Waals surface area contributed by atoms with Crippen molar-refractivity contribution in [3.63, 3.8) is 0 Å². The molecular formula is C16H20O4. The number of benzene rings is 1. The maximum absolute atomic E-state index is 5.81. The van der Waals surface area contributed by atoms with Crippen LogP contribution in [0.15, 0.2) is 42.5 Å². The molecule has 0 fully saturated rings. The van der Waals surface area contributed by atoms with E-state index in [4.69, 9.17) is 18.9 Å². The van der Waals surface area contributed by atoms with Crippen LogP contribution in [0, 0.1) is 0 Å². The van der Waals surface area contributed by atoms with E-state index in [0.717, 1.165) is 5.56 Å². The molecule has 2 unspecified atom stereocenters. The van der Waals surface area contributed by atoms with Crippen molar-refractivity contribution in [2.24, 2.45) is 0 Å². The molecule has 0 saturated carbocycles. The summed E-state index contributed by atoms with van der Waals surface area (Å²) in [5.74, 6) is 1.32. The lowest BCUT2D eigenvalue weighted by Crippen LogP contribution is -2.41. The molecule has 1 aromatic rings. The van der Waals surface area contributed by atoms with Gasteiger partial charge in [-0.05, 0) is 12.1 Å². The van der Waals surface area contributed by atoms with Crippen LogP contribution in [0.25, 0.3) is 0 Å². The molecule has 0 heterocycles. The first-order chi connectivity index (χ1) is 9.73. The van der Waals surface area contributed by atoms with Gasteiger partial charge in [0.2, 0.25) is 0 Å². The Morgan fingerprint density at radius 3 is 2.40 bits per heavy atom. The Morgan fingerprint density at radius 2 is 1.80 bits per heavy atom. The van der Waals surface area contributed by atoms with Crippen LogP contribution in [0.4, 0.5) is 0 Å². The Bertz CT molecular complexity index is 521. The predicted molar refractivity (Wildman–Crippen MR) is 77.3 cm³/mol. The summed E-state index contributed by atoms with van der Waals surface area (Å²) in [5.41, 5.74) is 0.137. The molecule has 20 heavy (non-hydrogen) atoms. The summed E-state index contributed by atoms with van der Waals surface area (Å²) in [7, 11) is 6.56. The molecule has 0 N–H and O–H groups in total. The average molecular weight is 276 g/mol. The van der Waals surface area contributed by atoms with Gasteiger partial charge in [-0.3, -0.25) is 0 Å². The van der Waals surface area contributed by atoms with E-state index in [-0.39, 0.29) is 6.10 Å². The fraction of sp³-hybridized carbons (Fsp3) is 0.375.